The van der Waals surface area contributed by atoms with E-state index in [0.717, 1.165) is 43.6 Å². The maximum atomic E-state index is 13.0. The van der Waals surface area contributed by atoms with Crippen LogP contribution in [0.1, 0.15) is 56.1 Å². The molecule has 0 saturated carbocycles. The third kappa shape index (κ3) is 4.00. The van der Waals surface area contributed by atoms with E-state index in [9.17, 15) is 9.59 Å². The molecule has 2 aromatic heterocycles. The summed E-state index contributed by atoms with van der Waals surface area (Å²) in [7, 11) is 0. The molecule has 0 fully saturated rings. The van der Waals surface area contributed by atoms with Crippen LogP contribution >= 0.6 is 11.3 Å². The lowest BCUT2D eigenvalue weighted by molar-refractivity contribution is 0.0990. The third-order valence-corrected chi connectivity index (χ3v) is 10.0. The summed E-state index contributed by atoms with van der Waals surface area (Å²) in [4.78, 5) is 35.4. The highest BCUT2D eigenvalue weighted by molar-refractivity contribution is 7.16. The summed E-state index contributed by atoms with van der Waals surface area (Å²) in [6.45, 7) is 6.55. The zero-order chi connectivity index (χ0) is 30.2. The van der Waals surface area contributed by atoms with Gasteiger partial charge in [-0.05, 0) is 71.3 Å². The maximum Gasteiger partial charge on any atom is 0.197 e. The minimum Gasteiger partial charge on any atom is -0.309 e. The van der Waals surface area contributed by atoms with Gasteiger partial charge in [0.05, 0.1) is 28.0 Å². The first-order chi connectivity index (χ1) is 21.3. The Bertz CT molecular complexity index is 2170. The normalized spacial score (nSPS) is 14.5. The minimum absolute atomic E-state index is 0.202. The molecule has 0 atom stereocenters. The van der Waals surface area contributed by atoms with Crippen molar-refractivity contribution in [3.8, 4) is 10.6 Å². The molecule has 2 aliphatic rings. The number of nitrogens with zero attached hydrogens (tertiary/aromatic N) is 2. The van der Waals surface area contributed by atoms with Crippen molar-refractivity contribution < 1.29 is 9.59 Å². The quantitative estimate of drug-likeness (QED) is 0.152. The van der Waals surface area contributed by atoms with Gasteiger partial charge < -0.3 is 4.90 Å². The van der Waals surface area contributed by atoms with E-state index in [-0.39, 0.29) is 22.6 Å². The first-order valence-electron chi connectivity index (χ1n) is 14.7. The molecule has 0 unspecified atom stereocenters. The summed E-state index contributed by atoms with van der Waals surface area (Å²) >= 11 is 1.59. The average Bonchev–Trinajstić information content (AvgIpc) is 3.64. The van der Waals surface area contributed by atoms with Crippen molar-refractivity contribution in [3.05, 3.63) is 148 Å². The van der Waals surface area contributed by atoms with E-state index in [1.165, 1.54) is 16.3 Å². The van der Waals surface area contributed by atoms with Gasteiger partial charge in [-0.1, -0.05) is 86.1 Å². The summed E-state index contributed by atoms with van der Waals surface area (Å²) in [5, 5.41) is 2.39. The summed E-state index contributed by atoms with van der Waals surface area (Å²) < 4.78 is 0. The highest BCUT2D eigenvalue weighted by Gasteiger charge is 2.40. The number of fused-ring (bicyclic) bond motifs is 5. The van der Waals surface area contributed by atoms with Crippen LogP contribution in [0, 0.1) is 6.92 Å². The Kier molecular flexibility index (Phi) is 5.84. The predicted molar refractivity (Wildman–Crippen MR) is 180 cm³/mol. The van der Waals surface area contributed by atoms with E-state index in [4.69, 9.17) is 4.98 Å². The molecule has 0 aliphatic heterocycles. The topological polar surface area (TPSA) is 50.3 Å². The molecule has 5 heteroatoms. The number of benzene rings is 4. The van der Waals surface area contributed by atoms with Crippen LogP contribution in [-0.4, -0.2) is 16.6 Å². The fourth-order valence-corrected chi connectivity index (χ4v) is 7.78. The number of hydrogen-bond donors (Lipinski definition) is 0. The van der Waals surface area contributed by atoms with Gasteiger partial charge in [0.2, 0.25) is 0 Å². The minimum atomic E-state index is -0.310. The Morgan fingerprint density at radius 1 is 0.705 bits per heavy atom. The van der Waals surface area contributed by atoms with Crippen LogP contribution in [0.15, 0.2) is 115 Å². The highest BCUT2D eigenvalue weighted by atomic mass is 32.1. The van der Waals surface area contributed by atoms with E-state index < -0.39 is 0 Å². The van der Waals surface area contributed by atoms with Crippen LogP contribution in [0.2, 0.25) is 0 Å². The van der Waals surface area contributed by atoms with Gasteiger partial charge >= 0.3 is 0 Å². The fraction of sp³-hybridized carbons (Fsp3) is 0.103. The molecule has 6 aromatic rings. The molecule has 2 aliphatic carbocycles. The Balaban J connectivity index is 1.21. The van der Waals surface area contributed by atoms with E-state index in [0.29, 0.717) is 11.1 Å². The lowest BCUT2D eigenvalue weighted by Gasteiger charge is -2.28. The van der Waals surface area contributed by atoms with Crippen LogP contribution in [0.25, 0.3) is 27.4 Å². The average molecular weight is 589 g/mol. The molecule has 212 valence electrons. The number of thiophene rings is 1. The summed E-state index contributed by atoms with van der Waals surface area (Å²) in [5.41, 5.74) is 8.51. The molecule has 44 heavy (non-hydrogen) atoms. The largest absolute Gasteiger partial charge is 0.309 e. The van der Waals surface area contributed by atoms with Crippen molar-refractivity contribution in [2.75, 3.05) is 4.90 Å². The summed E-state index contributed by atoms with van der Waals surface area (Å²) in [6, 6.07) is 35.0. The molecule has 0 N–H and O–H groups in total. The van der Waals surface area contributed by atoms with Gasteiger partial charge in [-0.3, -0.25) is 14.6 Å². The van der Waals surface area contributed by atoms with Crippen LogP contribution < -0.4 is 4.90 Å². The lowest BCUT2D eigenvalue weighted by Crippen LogP contribution is -2.17. The second kappa shape index (κ2) is 9.69. The van der Waals surface area contributed by atoms with Crippen molar-refractivity contribution >= 4 is 56.8 Å². The molecular weight excluding hydrogens is 561 g/mol. The molecule has 0 amide bonds. The zero-order valence-electron chi connectivity index (χ0n) is 24.6. The fourth-order valence-electron chi connectivity index (χ4n) is 6.50. The van der Waals surface area contributed by atoms with Gasteiger partial charge in [0.1, 0.15) is 0 Å². The second-order valence-corrected chi connectivity index (χ2v) is 13.2. The van der Waals surface area contributed by atoms with E-state index in [1.807, 2.05) is 6.20 Å². The Hall–Kier alpha value is -5.13. The van der Waals surface area contributed by atoms with Crippen LogP contribution in [0.5, 0.6) is 0 Å². The van der Waals surface area contributed by atoms with Crippen LogP contribution in [0.3, 0.4) is 0 Å². The number of hydrogen-bond acceptors (Lipinski definition) is 5. The van der Waals surface area contributed by atoms with Gasteiger partial charge in [-0.2, -0.15) is 0 Å². The lowest BCUT2D eigenvalue weighted by atomic mass is 9.83. The van der Waals surface area contributed by atoms with Crippen molar-refractivity contribution in [3.63, 3.8) is 0 Å². The number of pyridine rings is 1. The SMILES string of the molecule is Cc1ccc(N(c2cnc3c(c2)C(C)(C)c2cc(C=C4C(=O)c5ccccc5C4=O)sc2-3)c2ccc3ccccc3c2)cc1. The number of carbonyl (C=O) groups is 2. The van der Waals surface area contributed by atoms with E-state index in [2.05, 4.69) is 105 Å². The zero-order valence-corrected chi connectivity index (χ0v) is 25.4. The third-order valence-electron chi connectivity index (χ3n) is 8.92. The number of rotatable bonds is 4. The monoisotopic (exact) mass is 588 g/mol. The molecular formula is C39H28N2O2S. The molecule has 4 nitrogen and oxygen atoms in total. The first kappa shape index (κ1) is 26.5. The molecule has 0 radical (unpaired) electrons. The second-order valence-electron chi connectivity index (χ2n) is 12.1. The number of anilines is 3. The number of carbonyl (C=O) groups excluding carboxylic acids is 2. The molecule has 0 bridgehead atoms. The summed E-state index contributed by atoms with van der Waals surface area (Å²) in [5.74, 6) is -0.405. The smallest absolute Gasteiger partial charge is 0.197 e. The van der Waals surface area contributed by atoms with E-state index >= 15 is 0 Å². The van der Waals surface area contributed by atoms with Crippen LogP contribution in [-0.2, 0) is 5.41 Å². The van der Waals surface area contributed by atoms with Crippen molar-refractivity contribution in [1.29, 1.82) is 0 Å². The Morgan fingerprint density at radius 3 is 2.09 bits per heavy atom. The molecule has 0 saturated heterocycles. The Morgan fingerprint density at radius 2 is 1.36 bits per heavy atom. The predicted octanol–water partition coefficient (Wildman–Crippen LogP) is 9.84. The molecule has 8 rings (SSSR count). The molecule has 4 aromatic carbocycles. The van der Waals surface area contributed by atoms with E-state index in [1.54, 1.807) is 41.7 Å². The number of allylic oxidation sites excluding steroid dienone is 1. The van der Waals surface area contributed by atoms with Gasteiger partial charge in [0.15, 0.2) is 11.6 Å². The molecule has 2 heterocycles. The number of aromatic nitrogens is 1. The van der Waals surface area contributed by atoms with Crippen molar-refractivity contribution in [2.45, 2.75) is 26.2 Å². The maximum absolute atomic E-state index is 13.0. The van der Waals surface area contributed by atoms with Gasteiger partial charge in [-0.15, -0.1) is 11.3 Å². The number of ketones is 2. The van der Waals surface area contributed by atoms with Gasteiger partial charge in [-0.25, -0.2) is 0 Å². The number of Topliss-reactive ketones (excluding diaryl/α,β-unsaturated/α-hetero) is 2. The molecule has 0 spiro atoms. The summed E-state index contributed by atoms with van der Waals surface area (Å²) in [6.07, 6.45) is 3.72. The van der Waals surface area contributed by atoms with Gasteiger partial charge in [0, 0.05) is 32.8 Å². The van der Waals surface area contributed by atoms with Crippen LogP contribution in [0.4, 0.5) is 17.1 Å². The van der Waals surface area contributed by atoms with Crippen molar-refractivity contribution in [1.82, 2.24) is 4.98 Å². The van der Waals surface area contributed by atoms with Crippen molar-refractivity contribution in [2.24, 2.45) is 0 Å². The highest BCUT2D eigenvalue weighted by Crippen LogP contribution is 2.53. The standard InChI is InChI=1S/C39H28N2O2S/c1-23-12-15-26(16-13-23)41(27-17-14-24-8-4-5-9-25(24)18-27)28-19-33-35(40-22-28)38-34(39(33,2)3)21-29(44-38)20-32-36(42)30-10-6-7-11-31(30)37(32)43/h4-22H,1-3H3. The first-order valence-corrected chi connectivity index (χ1v) is 15.5. The Labute approximate surface area is 260 Å². The number of aryl methyl sites for hydroxylation is 1. The van der Waals surface area contributed by atoms with Gasteiger partial charge in [0.25, 0.3) is 0 Å².